The highest BCUT2D eigenvalue weighted by Crippen LogP contribution is 1.97. The molecule has 0 aliphatic rings. The van der Waals surface area contributed by atoms with E-state index in [4.69, 9.17) is 0 Å². The first-order valence-electron chi connectivity index (χ1n) is 7.30. The highest BCUT2D eigenvalue weighted by Gasteiger charge is 2.08. The van der Waals surface area contributed by atoms with E-state index in [0.29, 0.717) is 19.4 Å². The van der Waals surface area contributed by atoms with Crippen LogP contribution in [0, 0.1) is 11.8 Å². The van der Waals surface area contributed by atoms with Crippen molar-refractivity contribution >= 4 is 11.8 Å². The summed E-state index contributed by atoms with van der Waals surface area (Å²) in [6.07, 6.45) is 1.09. The molecule has 1 rings (SSSR count). The van der Waals surface area contributed by atoms with Gasteiger partial charge in [0.05, 0.1) is 0 Å². The average Bonchev–Trinajstić information content (AvgIpc) is 2.52. The predicted molar refractivity (Wildman–Crippen MR) is 83.5 cm³/mol. The van der Waals surface area contributed by atoms with Crippen molar-refractivity contribution in [2.24, 2.45) is 0 Å². The summed E-state index contributed by atoms with van der Waals surface area (Å²) in [6.45, 7) is 5.84. The number of nitrogens with zero attached hydrogens (tertiary/aromatic N) is 1. The zero-order chi connectivity index (χ0) is 15.5. The van der Waals surface area contributed by atoms with Crippen LogP contribution in [0.15, 0.2) is 30.3 Å². The number of hydrogen-bond acceptors (Lipinski definition) is 2. The lowest BCUT2D eigenvalue weighted by atomic mass is 10.2. The van der Waals surface area contributed by atoms with Gasteiger partial charge in [-0.1, -0.05) is 24.1 Å². The summed E-state index contributed by atoms with van der Waals surface area (Å²) >= 11 is 0. The molecule has 1 aromatic rings. The molecule has 0 bridgehead atoms. The molecular formula is C17H22N2O2. The molecule has 0 spiro atoms. The standard InChI is InChI=1S/C17H22N2O2/c1-3-19(4-2)17(21)11-8-14-18-16(20)13-12-15-9-6-5-7-10-15/h5-7,9-10H,3-4,8,11,14H2,1-2H3,(H,18,20). The van der Waals surface area contributed by atoms with Crippen LogP contribution in [0.4, 0.5) is 0 Å². The molecule has 0 aliphatic heterocycles. The molecule has 0 radical (unpaired) electrons. The number of rotatable bonds is 6. The molecule has 0 atom stereocenters. The van der Waals surface area contributed by atoms with E-state index in [1.165, 1.54) is 0 Å². The Balaban J connectivity index is 2.26. The summed E-state index contributed by atoms with van der Waals surface area (Å²) in [5.41, 5.74) is 0.810. The molecule has 4 nitrogen and oxygen atoms in total. The monoisotopic (exact) mass is 286 g/mol. The minimum absolute atomic E-state index is 0.129. The fourth-order valence-electron chi connectivity index (χ4n) is 1.87. The van der Waals surface area contributed by atoms with E-state index < -0.39 is 0 Å². The Morgan fingerprint density at radius 3 is 2.43 bits per heavy atom. The maximum absolute atomic E-state index is 11.7. The lowest BCUT2D eigenvalue weighted by Gasteiger charge is -2.18. The third kappa shape index (κ3) is 6.62. The predicted octanol–water partition coefficient (Wildman–Crippen LogP) is 1.80. The topological polar surface area (TPSA) is 49.4 Å². The van der Waals surface area contributed by atoms with Crippen molar-refractivity contribution in [3.05, 3.63) is 35.9 Å². The summed E-state index contributed by atoms with van der Waals surface area (Å²) in [5, 5.41) is 2.70. The van der Waals surface area contributed by atoms with E-state index in [-0.39, 0.29) is 11.8 Å². The number of carbonyl (C=O) groups is 2. The van der Waals surface area contributed by atoms with E-state index >= 15 is 0 Å². The Morgan fingerprint density at radius 1 is 1.14 bits per heavy atom. The number of nitrogens with one attached hydrogen (secondary N) is 1. The van der Waals surface area contributed by atoms with Crippen LogP contribution in [-0.2, 0) is 9.59 Å². The van der Waals surface area contributed by atoms with Crippen LogP contribution in [0.2, 0.25) is 0 Å². The lowest BCUT2D eigenvalue weighted by molar-refractivity contribution is -0.131. The van der Waals surface area contributed by atoms with Gasteiger partial charge in [0.25, 0.3) is 5.91 Å². The molecule has 1 N–H and O–H groups in total. The lowest BCUT2D eigenvalue weighted by Crippen LogP contribution is -2.31. The zero-order valence-electron chi connectivity index (χ0n) is 12.7. The van der Waals surface area contributed by atoms with Crippen LogP contribution in [0.3, 0.4) is 0 Å². The fourth-order valence-corrected chi connectivity index (χ4v) is 1.87. The Bertz CT molecular complexity index is 511. The highest BCUT2D eigenvalue weighted by atomic mass is 16.2. The van der Waals surface area contributed by atoms with Crippen molar-refractivity contribution in [2.75, 3.05) is 19.6 Å². The average molecular weight is 286 g/mol. The smallest absolute Gasteiger partial charge is 0.296 e. The normalized spacial score (nSPS) is 9.43. The van der Waals surface area contributed by atoms with Gasteiger partial charge in [-0.15, -0.1) is 0 Å². The minimum atomic E-state index is -0.311. The van der Waals surface area contributed by atoms with E-state index in [2.05, 4.69) is 17.2 Å². The molecule has 0 saturated heterocycles. The van der Waals surface area contributed by atoms with Gasteiger partial charge in [-0.2, -0.15) is 0 Å². The van der Waals surface area contributed by atoms with Gasteiger partial charge in [0.1, 0.15) is 0 Å². The maximum Gasteiger partial charge on any atom is 0.296 e. The maximum atomic E-state index is 11.7. The van der Waals surface area contributed by atoms with Gasteiger partial charge < -0.3 is 10.2 Å². The largest absolute Gasteiger partial charge is 0.345 e. The van der Waals surface area contributed by atoms with Crippen LogP contribution in [0.1, 0.15) is 32.3 Å². The molecule has 112 valence electrons. The minimum Gasteiger partial charge on any atom is -0.345 e. The molecule has 0 aromatic heterocycles. The summed E-state index contributed by atoms with van der Waals surface area (Å²) < 4.78 is 0. The third-order valence-corrected chi connectivity index (χ3v) is 3.06. The van der Waals surface area contributed by atoms with Crippen LogP contribution in [0.5, 0.6) is 0 Å². The van der Waals surface area contributed by atoms with Gasteiger partial charge in [-0.05, 0) is 32.4 Å². The van der Waals surface area contributed by atoms with Crippen molar-refractivity contribution in [1.82, 2.24) is 10.2 Å². The first-order chi connectivity index (χ1) is 10.2. The highest BCUT2D eigenvalue weighted by molar-refractivity contribution is 5.94. The van der Waals surface area contributed by atoms with Gasteiger partial charge in [0.2, 0.25) is 5.91 Å². The van der Waals surface area contributed by atoms with Crippen molar-refractivity contribution in [1.29, 1.82) is 0 Å². The number of amides is 2. The van der Waals surface area contributed by atoms with Crippen LogP contribution in [0.25, 0.3) is 0 Å². The summed E-state index contributed by atoms with van der Waals surface area (Å²) in [5.74, 6) is 5.15. The summed E-state index contributed by atoms with van der Waals surface area (Å²) in [4.78, 5) is 25.1. The third-order valence-electron chi connectivity index (χ3n) is 3.06. The molecule has 0 heterocycles. The van der Waals surface area contributed by atoms with Crippen molar-refractivity contribution < 1.29 is 9.59 Å². The molecule has 2 amide bonds. The second-order valence-corrected chi connectivity index (χ2v) is 4.54. The quantitative estimate of drug-likeness (QED) is 0.640. The number of benzene rings is 1. The van der Waals surface area contributed by atoms with E-state index in [1.54, 1.807) is 4.90 Å². The first kappa shape index (κ1) is 16.8. The van der Waals surface area contributed by atoms with Crippen LogP contribution >= 0.6 is 0 Å². The van der Waals surface area contributed by atoms with Gasteiger partial charge in [0.15, 0.2) is 0 Å². The SMILES string of the molecule is CCN(CC)C(=O)CCCNC(=O)C#Cc1ccccc1. The molecule has 0 saturated carbocycles. The van der Waals surface area contributed by atoms with E-state index in [9.17, 15) is 9.59 Å². The molecule has 4 heteroatoms. The van der Waals surface area contributed by atoms with E-state index in [1.807, 2.05) is 44.2 Å². The Kier molecular flexibility index (Phi) is 7.67. The van der Waals surface area contributed by atoms with Gasteiger partial charge >= 0.3 is 0 Å². The summed E-state index contributed by atoms with van der Waals surface area (Å²) in [7, 11) is 0. The van der Waals surface area contributed by atoms with Crippen molar-refractivity contribution in [3.63, 3.8) is 0 Å². The second-order valence-electron chi connectivity index (χ2n) is 4.54. The van der Waals surface area contributed by atoms with Crippen molar-refractivity contribution in [2.45, 2.75) is 26.7 Å². The van der Waals surface area contributed by atoms with Crippen LogP contribution in [-0.4, -0.2) is 36.3 Å². The number of carbonyl (C=O) groups excluding carboxylic acids is 2. The van der Waals surface area contributed by atoms with Crippen molar-refractivity contribution in [3.8, 4) is 11.8 Å². The Labute approximate surface area is 126 Å². The fraction of sp³-hybridized carbons (Fsp3) is 0.412. The first-order valence-corrected chi connectivity index (χ1v) is 7.30. The molecular weight excluding hydrogens is 264 g/mol. The van der Waals surface area contributed by atoms with E-state index in [0.717, 1.165) is 18.7 Å². The van der Waals surface area contributed by atoms with Crippen LogP contribution < -0.4 is 5.32 Å². The zero-order valence-corrected chi connectivity index (χ0v) is 12.7. The van der Waals surface area contributed by atoms with Gasteiger partial charge in [-0.3, -0.25) is 9.59 Å². The molecule has 0 fully saturated rings. The summed E-state index contributed by atoms with van der Waals surface area (Å²) in [6, 6.07) is 9.35. The Hall–Kier alpha value is -2.28. The Morgan fingerprint density at radius 2 is 1.81 bits per heavy atom. The molecule has 0 unspecified atom stereocenters. The second kappa shape index (κ2) is 9.60. The molecule has 21 heavy (non-hydrogen) atoms. The number of hydrogen-bond donors (Lipinski definition) is 1. The molecule has 1 aromatic carbocycles. The van der Waals surface area contributed by atoms with Gasteiger partial charge in [0, 0.05) is 37.5 Å². The van der Waals surface area contributed by atoms with Gasteiger partial charge in [-0.25, -0.2) is 0 Å². The molecule has 0 aliphatic carbocycles.